The van der Waals surface area contributed by atoms with Crippen LogP contribution < -0.4 is 15.6 Å². The maximum atomic E-state index is 13.5. The summed E-state index contributed by atoms with van der Waals surface area (Å²) in [6, 6.07) is 18.0. The minimum absolute atomic E-state index is 0.0340. The number of nitro groups is 1. The zero-order chi connectivity index (χ0) is 25.4. The highest BCUT2D eigenvalue weighted by atomic mass is 19.1. The molecule has 0 atom stereocenters. The highest BCUT2D eigenvalue weighted by Crippen LogP contribution is 2.15. The average molecular weight is 475 g/mol. The summed E-state index contributed by atoms with van der Waals surface area (Å²) in [6.45, 7) is 0. The Morgan fingerprint density at radius 3 is 2.37 bits per heavy atom. The Morgan fingerprint density at radius 1 is 1.00 bits per heavy atom. The molecule has 0 aliphatic carbocycles. The van der Waals surface area contributed by atoms with Gasteiger partial charge in [0.1, 0.15) is 11.5 Å². The fraction of sp³-hybridized carbons (Fsp3) is 0.0800. The summed E-state index contributed by atoms with van der Waals surface area (Å²) in [5.41, 5.74) is 4.04. The van der Waals surface area contributed by atoms with Crippen LogP contribution in [-0.2, 0) is 4.79 Å². The highest BCUT2D eigenvalue weighted by molar-refractivity contribution is 6.05. The quantitative estimate of drug-likeness (QED) is 0.223. The predicted octanol–water partition coefficient (Wildman–Crippen LogP) is 3.72. The standard InChI is InChI=1S/C25H22FN5O4/c1-30(2)21-11-9-17(10-12-21)14-23(28-24(32)19-6-4-7-20(26)15-19)25(33)29-27-16-18-5-3-8-22(13-18)31(34)35/h3-16H,1-2H3,(H,28,32)(H,29,33)/b23-14-,27-16+. The molecule has 0 aromatic heterocycles. The molecule has 3 rings (SSSR count). The van der Waals surface area contributed by atoms with Gasteiger partial charge in [-0.25, -0.2) is 9.82 Å². The molecule has 0 saturated carbocycles. The molecule has 0 bridgehead atoms. The van der Waals surface area contributed by atoms with Crippen molar-refractivity contribution >= 4 is 35.5 Å². The second-order valence-corrected chi connectivity index (χ2v) is 7.56. The third-order valence-corrected chi connectivity index (χ3v) is 4.76. The van der Waals surface area contributed by atoms with Gasteiger partial charge >= 0.3 is 0 Å². The van der Waals surface area contributed by atoms with Crippen LogP contribution in [0, 0.1) is 15.9 Å². The smallest absolute Gasteiger partial charge is 0.287 e. The van der Waals surface area contributed by atoms with E-state index in [4.69, 9.17) is 0 Å². The van der Waals surface area contributed by atoms with Crippen LogP contribution in [0.5, 0.6) is 0 Å². The van der Waals surface area contributed by atoms with E-state index < -0.39 is 22.6 Å². The lowest BCUT2D eigenvalue weighted by Gasteiger charge is -2.12. The number of carbonyl (C=O) groups excluding carboxylic acids is 2. The van der Waals surface area contributed by atoms with Gasteiger partial charge < -0.3 is 10.2 Å². The Balaban J connectivity index is 1.83. The van der Waals surface area contributed by atoms with Crippen molar-refractivity contribution in [2.24, 2.45) is 5.10 Å². The summed E-state index contributed by atoms with van der Waals surface area (Å²) in [6.07, 6.45) is 2.69. The lowest BCUT2D eigenvalue weighted by Crippen LogP contribution is -2.32. The monoisotopic (exact) mass is 475 g/mol. The van der Waals surface area contributed by atoms with E-state index in [-0.39, 0.29) is 16.9 Å². The number of nitrogens with zero attached hydrogens (tertiary/aromatic N) is 3. The van der Waals surface area contributed by atoms with Crippen LogP contribution in [-0.4, -0.2) is 37.0 Å². The van der Waals surface area contributed by atoms with Gasteiger partial charge in [-0.05, 0) is 42.0 Å². The van der Waals surface area contributed by atoms with E-state index in [1.807, 2.05) is 31.1 Å². The Labute approximate surface area is 200 Å². The van der Waals surface area contributed by atoms with E-state index >= 15 is 0 Å². The number of carbonyl (C=O) groups is 2. The Morgan fingerprint density at radius 2 is 1.71 bits per heavy atom. The minimum Gasteiger partial charge on any atom is -0.378 e. The molecule has 10 heteroatoms. The van der Waals surface area contributed by atoms with Crippen molar-refractivity contribution in [1.29, 1.82) is 0 Å². The molecular weight excluding hydrogens is 453 g/mol. The highest BCUT2D eigenvalue weighted by Gasteiger charge is 2.15. The first-order valence-corrected chi connectivity index (χ1v) is 10.4. The molecule has 0 radical (unpaired) electrons. The van der Waals surface area contributed by atoms with Crippen molar-refractivity contribution in [3.63, 3.8) is 0 Å². The molecule has 0 spiro atoms. The number of hydrazone groups is 1. The van der Waals surface area contributed by atoms with E-state index in [2.05, 4.69) is 15.8 Å². The lowest BCUT2D eigenvalue weighted by atomic mass is 10.1. The molecule has 9 nitrogen and oxygen atoms in total. The molecule has 2 amide bonds. The zero-order valence-electron chi connectivity index (χ0n) is 18.9. The third-order valence-electron chi connectivity index (χ3n) is 4.76. The zero-order valence-corrected chi connectivity index (χ0v) is 18.9. The summed E-state index contributed by atoms with van der Waals surface area (Å²) >= 11 is 0. The van der Waals surface area contributed by atoms with Crippen molar-refractivity contribution in [1.82, 2.24) is 10.7 Å². The van der Waals surface area contributed by atoms with E-state index in [0.29, 0.717) is 11.1 Å². The number of hydrogen-bond donors (Lipinski definition) is 2. The third kappa shape index (κ3) is 7.06. The number of anilines is 1. The molecular formula is C25H22FN5O4. The molecule has 0 fully saturated rings. The van der Waals surface area contributed by atoms with Crippen molar-refractivity contribution in [3.8, 4) is 0 Å². The Kier molecular flexibility index (Phi) is 8.02. The minimum atomic E-state index is -0.742. The van der Waals surface area contributed by atoms with Gasteiger partial charge in [-0.15, -0.1) is 0 Å². The maximum absolute atomic E-state index is 13.5. The number of halogens is 1. The van der Waals surface area contributed by atoms with Crippen molar-refractivity contribution in [2.45, 2.75) is 0 Å². The van der Waals surface area contributed by atoms with Crippen LogP contribution in [0.3, 0.4) is 0 Å². The van der Waals surface area contributed by atoms with Gasteiger partial charge in [-0.1, -0.05) is 30.3 Å². The SMILES string of the molecule is CN(C)c1ccc(/C=C(\NC(=O)c2cccc(F)c2)C(=O)N/N=C/c2cccc([N+](=O)[O-])c2)cc1. The Hall–Kier alpha value is -4.86. The van der Waals surface area contributed by atoms with Gasteiger partial charge in [0.25, 0.3) is 17.5 Å². The summed E-state index contributed by atoms with van der Waals surface area (Å²) in [5, 5.41) is 17.2. The number of amides is 2. The molecule has 0 heterocycles. The number of benzene rings is 3. The van der Waals surface area contributed by atoms with E-state index in [1.54, 1.807) is 18.2 Å². The number of nitro benzene ring substituents is 1. The first-order valence-electron chi connectivity index (χ1n) is 10.4. The fourth-order valence-corrected chi connectivity index (χ4v) is 2.96. The van der Waals surface area contributed by atoms with Crippen LogP contribution >= 0.6 is 0 Å². The fourth-order valence-electron chi connectivity index (χ4n) is 2.96. The van der Waals surface area contributed by atoms with Crippen LogP contribution in [0.25, 0.3) is 6.08 Å². The number of nitrogens with one attached hydrogen (secondary N) is 2. The predicted molar refractivity (Wildman–Crippen MR) is 131 cm³/mol. The topological polar surface area (TPSA) is 117 Å². The first kappa shape index (κ1) is 24.8. The largest absolute Gasteiger partial charge is 0.378 e. The van der Waals surface area contributed by atoms with Crippen molar-refractivity contribution < 1.29 is 18.9 Å². The molecule has 0 saturated heterocycles. The van der Waals surface area contributed by atoms with Crippen molar-refractivity contribution in [3.05, 3.63) is 111 Å². The first-order chi connectivity index (χ1) is 16.7. The van der Waals surface area contributed by atoms with Crippen LogP contribution in [0.2, 0.25) is 0 Å². The average Bonchev–Trinajstić information content (AvgIpc) is 2.84. The van der Waals surface area contributed by atoms with Gasteiger partial charge in [0.15, 0.2) is 0 Å². The second kappa shape index (κ2) is 11.3. The van der Waals surface area contributed by atoms with Gasteiger partial charge in [-0.2, -0.15) is 5.10 Å². The van der Waals surface area contributed by atoms with Gasteiger partial charge in [-0.3, -0.25) is 19.7 Å². The van der Waals surface area contributed by atoms with Crippen LogP contribution in [0.4, 0.5) is 15.8 Å². The second-order valence-electron chi connectivity index (χ2n) is 7.56. The lowest BCUT2D eigenvalue weighted by molar-refractivity contribution is -0.384. The number of rotatable bonds is 8. The molecule has 3 aromatic rings. The van der Waals surface area contributed by atoms with Crippen molar-refractivity contribution in [2.75, 3.05) is 19.0 Å². The van der Waals surface area contributed by atoms with Crippen LogP contribution in [0.1, 0.15) is 21.5 Å². The summed E-state index contributed by atoms with van der Waals surface area (Å²) in [5.74, 6) is -2.01. The molecule has 0 unspecified atom stereocenters. The summed E-state index contributed by atoms with van der Waals surface area (Å²) in [7, 11) is 3.78. The van der Waals surface area contributed by atoms with E-state index in [0.717, 1.165) is 11.8 Å². The van der Waals surface area contributed by atoms with E-state index in [1.165, 1.54) is 48.7 Å². The van der Waals surface area contributed by atoms with Gasteiger partial charge in [0.05, 0.1) is 11.1 Å². The van der Waals surface area contributed by atoms with Gasteiger partial charge in [0, 0.05) is 43.0 Å². The van der Waals surface area contributed by atoms with Crippen LogP contribution in [0.15, 0.2) is 83.6 Å². The van der Waals surface area contributed by atoms with Gasteiger partial charge in [0.2, 0.25) is 0 Å². The number of hydrogen-bond acceptors (Lipinski definition) is 6. The summed E-state index contributed by atoms with van der Waals surface area (Å²) in [4.78, 5) is 37.7. The summed E-state index contributed by atoms with van der Waals surface area (Å²) < 4.78 is 13.5. The Bertz CT molecular complexity index is 1300. The van der Waals surface area contributed by atoms with E-state index in [9.17, 15) is 24.1 Å². The molecule has 178 valence electrons. The molecule has 3 aromatic carbocycles. The molecule has 2 N–H and O–H groups in total. The normalized spacial score (nSPS) is 11.2. The molecule has 0 aliphatic heterocycles. The maximum Gasteiger partial charge on any atom is 0.287 e. The number of non-ortho nitro benzene ring substituents is 1. The molecule has 35 heavy (non-hydrogen) atoms. The molecule has 0 aliphatic rings.